The third-order valence-corrected chi connectivity index (χ3v) is 4.34. The fourth-order valence-corrected chi connectivity index (χ4v) is 2.91. The average Bonchev–Trinajstić information content (AvgIpc) is 3.04. The Bertz CT molecular complexity index is 1190. The van der Waals surface area contributed by atoms with E-state index in [2.05, 4.69) is 4.99 Å². The van der Waals surface area contributed by atoms with E-state index in [1.54, 1.807) is 42.5 Å². The number of cyclic esters (lactones) is 1. The Morgan fingerprint density at radius 1 is 1.15 bits per heavy atom. The number of nitrogens with zero attached hydrogens (tertiary/aromatic N) is 1. The Labute approximate surface area is 158 Å². The minimum Gasteiger partial charge on any atom is -0.497 e. The van der Waals surface area contributed by atoms with Gasteiger partial charge in [-0.1, -0.05) is 23.7 Å². The van der Waals surface area contributed by atoms with Gasteiger partial charge >= 0.3 is 5.97 Å². The number of ether oxygens (including phenoxy) is 2. The van der Waals surface area contributed by atoms with E-state index in [-0.39, 0.29) is 22.6 Å². The normalized spacial score (nSPS) is 15.1. The molecule has 4 rings (SSSR count). The van der Waals surface area contributed by atoms with E-state index < -0.39 is 5.97 Å². The molecular weight excluding hydrogens is 370 g/mol. The molecule has 0 N–H and O–H groups in total. The van der Waals surface area contributed by atoms with Crippen LogP contribution in [-0.2, 0) is 9.53 Å². The van der Waals surface area contributed by atoms with Crippen molar-refractivity contribution < 1.29 is 18.7 Å². The minimum atomic E-state index is -0.676. The largest absolute Gasteiger partial charge is 0.497 e. The monoisotopic (exact) mass is 381 g/mol. The Morgan fingerprint density at radius 3 is 2.74 bits per heavy atom. The summed E-state index contributed by atoms with van der Waals surface area (Å²) in [6, 6.07) is 11.8. The van der Waals surface area contributed by atoms with E-state index in [1.807, 2.05) is 0 Å². The van der Waals surface area contributed by atoms with Crippen LogP contribution in [0.4, 0.5) is 0 Å². The van der Waals surface area contributed by atoms with Crippen molar-refractivity contribution in [2.45, 2.75) is 0 Å². The Hall–Kier alpha value is -3.38. The summed E-state index contributed by atoms with van der Waals surface area (Å²) in [4.78, 5) is 28.9. The zero-order valence-electron chi connectivity index (χ0n) is 14.1. The smallest absolute Gasteiger partial charge is 0.363 e. The molecule has 0 unspecified atom stereocenters. The van der Waals surface area contributed by atoms with Gasteiger partial charge in [-0.15, -0.1) is 0 Å². The van der Waals surface area contributed by atoms with E-state index in [9.17, 15) is 9.59 Å². The molecule has 0 atom stereocenters. The second kappa shape index (κ2) is 6.74. The van der Waals surface area contributed by atoms with Crippen LogP contribution in [0.15, 0.2) is 68.6 Å². The molecule has 0 aliphatic carbocycles. The molecule has 134 valence electrons. The number of hydrogen-bond acceptors (Lipinski definition) is 6. The van der Waals surface area contributed by atoms with Gasteiger partial charge in [0, 0.05) is 0 Å². The summed E-state index contributed by atoms with van der Waals surface area (Å²) >= 11 is 6.20. The molecule has 7 heteroatoms. The number of methoxy groups -OCH3 is 1. The van der Waals surface area contributed by atoms with Crippen molar-refractivity contribution in [3.05, 3.63) is 80.8 Å². The lowest BCUT2D eigenvalue weighted by Gasteiger charge is -2.05. The lowest BCUT2D eigenvalue weighted by molar-refractivity contribution is -0.129. The molecule has 0 fully saturated rings. The van der Waals surface area contributed by atoms with Gasteiger partial charge in [-0.05, 0) is 36.4 Å². The van der Waals surface area contributed by atoms with Gasteiger partial charge < -0.3 is 13.9 Å². The highest BCUT2D eigenvalue weighted by Crippen LogP contribution is 2.27. The fraction of sp³-hybridized carbons (Fsp3) is 0.0500. The molecule has 0 bridgehead atoms. The SMILES string of the molecule is COc1ccc(C2=N/C(=C/c3coc4ccccc4c3=O)C(=O)O2)c(Cl)c1. The Kier molecular flexibility index (Phi) is 4.25. The van der Waals surface area contributed by atoms with Crippen molar-refractivity contribution in [2.75, 3.05) is 7.11 Å². The summed E-state index contributed by atoms with van der Waals surface area (Å²) in [5.74, 6) is -0.0493. The Morgan fingerprint density at radius 2 is 1.96 bits per heavy atom. The van der Waals surface area contributed by atoms with Crippen LogP contribution in [0.1, 0.15) is 11.1 Å². The molecule has 1 aromatic heterocycles. The van der Waals surface area contributed by atoms with Crippen LogP contribution in [0.25, 0.3) is 17.0 Å². The molecule has 2 aromatic carbocycles. The topological polar surface area (TPSA) is 78.1 Å². The maximum Gasteiger partial charge on any atom is 0.363 e. The number of esters is 1. The van der Waals surface area contributed by atoms with E-state index in [1.165, 1.54) is 19.4 Å². The van der Waals surface area contributed by atoms with E-state index in [4.69, 9.17) is 25.5 Å². The Balaban J connectivity index is 1.75. The van der Waals surface area contributed by atoms with E-state index >= 15 is 0 Å². The van der Waals surface area contributed by atoms with Crippen LogP contribution in [0.2, 0.25) is 5.02 Å². The van der Waals surface area contributed by atoms with Gasteiger partial charge in [0.05, 0.1) is 28.6 Å². The number of halogens is 1. The first-order chi connectivity index (χ1) is 13.1. The number of aliphatic imine (C=N–C) groups is 1. The average molecular weight is 382 g/mol. The van der Waals surface area contributed by atoms with Crippen molar-refractivity contribution in [3.63, 3.8) is 0 Å². The van der Waals surface area contributed by atoms with Crippen LogP contribution >= 0.6 is 11.6 Å². The number of carbonyl (C=O) groups is 1. The molecule has 1 aliphatic rings. The highest BCUT2D eigenvalue weighted by molar-refractivity contribution is 6.34. The first kappa shape index (κ1) is 17.1. The van der Waals surface area contributed by atoms with Gasteiger partial charge in [0.15, 0.2) is 11.1 Å². The van der Waals surface area contributed by atoms with Crippen molar-refractivity contribution in [3.8, 4) is 5.75 Å². The van der Waals surface area contributed by atoms with Crippen LogP contribution in [0.3, 0.4) is 0 Å². The van der Waals surface area contributed by atoms with Gasteiger partial charge in [-0.25, -0.2) is 9.79 Å². The highest BCUT2D eigenvalue weighted by atomic mass is 35.5. The van der Waals surface area contributed by atoms with E-state index in [0.29, 0.717) is 27.3 Å². The van der Waals surface area contributed by atoms with Crippen LogP contribution in [0, 0.1) is 0 Å². The molecule has 1 aliphatic heterocycles. The third-order valence-electron chi connectivity index (χ3n) is 4.03. The van der Waals surface area contributed by atoms with Gasteiger partial charge in [0.2, 0.25) is 5.90 Å². The predicted molar refractivity (Wildman–Crippen MR) is 101 cm³/mol. The van der Waals surface area contributed by atoms with Gasteiger partial charge in [-0.3, -0.25) is 4.79 Å². The zero-order valence-corrected chi connectivity index (χ0v) is 14.8. The quantitative estimate of drug-likeness (QED) is 0.509. The summed E-state index contributed by atoms with van der Waals surface area (Å²) < 4.78 is 15.7. The molecule has 3 aromatic rings. The number of benzene rings is 2. The number of rotatable bonds is 3. The number of carbonyl (C=O) groups excluding carboxylic acids is 1. The van der Waals surface area contributed by atoms with Gasteiger partial charge in [0.25, 0.3) is 0 Å². The predicted octanol–water partition coefficient (Wildman–Crippen LogP) is 3.80. The van der Waals surface area contributed by atoms with Crippen LogP contribution in [-0.4, -0.2) is 19.0 Å². The second-order valence-corrected chi connectivity index (χ2v) is 6.11. The summed E-state index contributed by atoms with van der Waals surface area (Å²) in [5, 5.41) is 0.744. The first-order valence-electron chi connectivity index (χ1n) is 7.94. The molecule has 0 amide bonds. The molecule has 0 radical (unpaired) electrons. The number of fused-ring (bicyclic) bond motifs is 1. The molecule has 0 saturated carbocycles. The van der Waals surface area contributed by atoms with Crippen LogP contribution < -0.4 is 10.2 Å². The van der Waals surface area contributed by atoms with Crippen molar-refractivity contribution in [1.29, 1.82) is 0 Å². The second-order valence-electron chi connectivity index (χ2n) is 5.70. The molecule has 2 heterocycles. The molecule has 27 heavy (non-hydrogen) atoms. The lowest BCUT2D eigenvalue weighted by atomic mass is 10.1. The summed E-state index contributed by atoms with van der Waals surface area (Å²) in [6.45, 7) is 0. The molecule has 0 saturated heterocycles. The lowest BCUT2D eigenvalue weighted by Crippen LogP contribution is -2.07. The summed E-state index contributed by atoms with van der Waals surface area (Å²) in [7, 11) is 1.52. The number of hydrogen-bond donors (Lipinski definition) is 0. The molecular formula is C20H12ClNO5. The standard InChI is InChI=1S/C20H12ClNO5/c1-25-12-6-7-13(15(21)9-12)19-22-16(20(24)27-19)8-11-10-26-17-5-3-2-4-14(17)18(11)23/h2-10H,1H3/b16-8+. The molecule has 0 spiro atoms. The maximum atomic E-state index is 12.6. The van der Waals surface area contributed by atoms with E-state index in [0.717, 1.165) is 0 Å². The van der Waals surface area contributed by atoms with Crippen LogP contribution in [0.5, 0.6) is 5.75 Å². The highest BCUT2D eigenvalue weighted by Gasteiger charge is 2.26. The third kappa shape index (κ3) is 3.11. The van der Waals surface area contributed by atoms with Crippen molar-refractivity contribution in [1.82, 2.24) is 0 Å². The minimum absolute atomic E-state index is 0.0144. The summed E-state index contributed by atoms with van der Waals surface area (Å²) in [6.07, 6.45) is 2.63. The van der Waals surface area contributed by atoms with Crippen molar-refractivity contribution in [2.24, 2.45) is 4.99 Å². The summed E-state index contributed by atoms with van der Waals surface area (Å²) in [5.41, 5.74) is 0.835. The van der Waals surface area contributed by atoms with Crippen molar-refractivity contribution >= 4 is 40.5 Å². The fourth-order valence-electron chi connectivity index (χ4n) is 2.66. The zero-order chi connectivity index (χ0) is 19.0. The first-order valence-corrected chi connectivity index (χ1v) is 8.31. The molecule has 6 nitrogen and oxygen atoms in total. The maximum absolute atomic E-state index is 12.6. The van der Waals surface area contributed by atoms with Gasteiger partial charge in [-0.2, -0.15) is 0 Å². The number of para-hydroxylation sites is 1. The van der Waals surface area contributed by atoms with Gasteiger partial charge in [0.1, 0.15) is 17.6 Å².